The molecular formula is C16H23FN2O. The van der Waals surface area contributed by atoms with Crippen LogP contribution >= 0.6 is 0 Å². The Bertz CT molecular complexity index is 444. The molecule has 110 valence electrons. The van der Waals surface area contributed by atoms with Crippen LogP contribution in [0.3, 0.4) is 0 Å². The van der Waals surface area contributed by atoms with Gasteiger partial charge in [-0.1, -0.05) is 31.4 Å². The predicted molar refractivity (Wildman–Crippen MR) is 77.7 cm³/mol. The monoisotopic (exact) mass is 278 g/mol. The number of carbonyl (C=O) groups is 1. The minimum Gasteiger partial charge on any atom is -0.352 e. The maximum atomic E-state index is 13.1. The fourth-order valence-electron chi connectivity index (χ4n) is 2.77. The van der Waals surface area contributed by atoms with Gasteiger partial charge in [0.2, 0.25) is 5.91 Å². The number of likely N-dealkylation sites (N-methyl/N-ethyl adjacent to an activating group) is 1. The quantitative estimate of drug-likeness (QED) is 0.898. The molecule has 20 heavy (non-hydrogen) atoms. The van der Waals surface area contributed by atoms with Gasteiger partial charge in [-0.3, -0.25) is 9.69 Å². The normalized spacial score (nSPS) is 16.4. The molecule has 1 aromatic carbocycles. The van der Waals surface area contributed by atoms with Gasteiger partial charge < -0.3 is 5.32 Å². The van der Waals surface area contributed by atoms with E-state index in [0.29, 0.717) is 19.1 Å². The molecule has 1 N–H and O–H groups in total. The first-order valence-electron chi connectivity index (χ1n) is 7.36. The van der Waals surface area contributed by atoms with Crippen molar-refractivity contribution in [1.82, 2.24) is 10.2 Å². The van der Waals surface area contributed by atoms with Crippen molar-refractivity contribution in [2.75, 3.05) is 13.6 Å². The fourth-order valence-corrected chi connectivity index (χ4v) is 2.77. The van der Waals surface area contributed by atoms with Gasteiger partial charge in [0.1, 0.15) is 5.82 Å². The molecule has 0 saturated heterocycles. The van der Waals surface area contributed by atoms with Crippen molar-refractivity contribution in [3.05, 3.63) is 35.6 Å². The van der Waals surface area contributed by atoms with E-state index in [2.05, 4.69) is 5.32 Å². The zero-order valence-electron chi connectivity index (χ0n) is 12.1. The van der Waals surface area contributed by atoms with Crippen molar-refractivity contribution in [3.8, 4) is 0 Å². The summed E-state index contributed by atoms with van der Waals surface area (Å²) in [5.41, 5.74) is 0.887. The first-order chi connectivity index (χ1) is 9.63. The summed E-state index contributed by atoms with van der Waals surface area (Å²) in [6.45, 7) is 0.933. The van der Waals surface area contributed by atoms with E-state index >= 15 is 0 Å². The lowest BCUT2D eigenvalue weighted by Crippen LogP contribution is -2.41. The minimum absolute atomic E-state index is 0.0656. The van der Waals surface area contributed by atoms with Crippen LogP contribution in [0.4, 0.5) is 4.39 Å². The van der Waals surface area contributed by atoms with Crippen LogP contribution in [0.15, 0.2) is 24.3 Å². The van der Waals surface area contributed by atoms with Crippen LogP contribution in [0.25, 0.3) is 0 Å². The molecule has 1 saturated carbocycles. The Labute approximate surface area is 120 Å². The van der Waals surface area contributed by atoms with Gasteiger partial charge in [-0.15, -0.1) is 0 Å². The number of hydrogen-bond donors (Lipinski definition) is 1. The van der Waals surface area contributed by atoms with Crippen molar-refractivity contribution in [2.24, 2.45) is 0 Å². The molecule has 2 rings (SSSR count). The van der Waals surface area contributed by atoms with E-state index in [0.717, 1.165) is 18.4 Å². The average molecular weight is 278 g/mol. The van der Waals surface area contributed by atoms with Gasteiger partial charge in [-0.25, -0.2) is 4.39 Å². The maximum absolute atomic E-state index is 13.1. The number of halogens is 1. The van der Waals surface area contributed by atoms with Gasteiger partial charge in [0, 0.05) is 12.6 Å². The summed E-state index contributed by atoms with van der Waals surface area (Å²) in [6.07, 6.45) is 5.90. The molecule has 0 atom stereocenters. The number of amides is 1. The third-order valence-electron chi connectivity index (χ3n) is 3.73. The highest BCUT2D eigenvalue weighted by atomic mass is 19.1. The summed E-state index contributed by atoms with van der Waals surface area (Å²) in [6, 6.07) is 6.85. The summed E-state index contributed by atoms with van der Waals surface area (Å²) in [5, 5.41) is 3.09. The molecule has 1 aromatic rings. The molecule has 1 amide bonds. The van der Waals surface area contributed by atoms with Crippen molar-refractivity contribution in [3.63, 3.8) is 0 Å². The first kappa shape index (κ1) is 15.0. The van der Waals surface area contributed by atoms with E-state index in [1.54, 1.807) is 6.07 Å². The Kier molecular flexibility index (Phi) is 5.53. The molecule has 0 heterocycles. The van der Waals surface area contributed by atoms with Gasteiger partial charge in [-0.2, -0.15) is 0 Å². The molecule has 0 bridgehead atoms. The third kappa shape index (κ3) is 4.93. The van der Waals surface area contributed by atoms with Gasteiger partial charge in [-0.05, 0) is 37.6 Å². The lowest BCUT2D eigenvalue weighted by Gasteiger charge is -2.24. The topological polar surface area (TPSA) is 32.3 Å². The fraction of sp³-hybridized carbons (Fsp3) is 0.562. The van der Waals surface area contributed by atoms with E-state index in [4.69, 9.17) is 0 Å². The Morgan fingerprint density at radius 3 is 2.80 bits per heavy atom. The second-order valence-corrected chi connectivity index (χ2v) is 5.70. The first-order valence-corrected chi connectivity index (χ1v) is 7.36. The molecule has 0 aromatic heterocycles. The Balaban J connectivity index is 1.75. The second-order valence-electron chi connectivity index (χ2n) is 5.70. The Morgan fingerprint density at radius 2 is 2.10 bits per heavy atom. The number of rotatable bonds is 5. The van der Waals surface area contributed by atoms with Crippen LogP contribution in [-0.2, 0) is 11.3 Å². The van der Waals surface area contributed by atoms with Crippen molar-refractivity contribution >= 4 is 5.91 Å². The molecule has 3 nitrogen and oxygen atoms in total. The van der Waals surface area contributed by atoms with E-state index in [1.165, 1.54) is 31.4 Å². The Hall–Kier alpha value is -1.42. The molecular weight excluding hydrogens is 255 g/mol. The highest BCUT2D eigenvalue weighted by Gasteiger charge is 2.16. The maximum Gasteiger partial charge on any atom is 0.234 e. The van der Waals surface area contributed by atoms with E-state index in [-0.39, 0.29) is 11.7 Å². The molecule has 1 aliphatic rings. The van der Waals surface area contributed by atoms with Crippen LogP contribution in [0.1, 0.15) is 37.7 Å². The van der Waals surface area contributed by atoms with Gasteiger partial charge in [0.05, 0.1) is 6.54 Å². The lowest BCUT2D eigenvalue weighted by molar-refractivity contribution is -0.123. The van der Waals surface area contributed by atoms with Gasteiger partial charge in [0.25, 0.3) is 0 Å². The van der Waals surface area contributed by atoms with Crippen LogP contribution < -0.4 is 5.32 Å². The zero-order chi connectivity index (χ0) is 14.4. The van der Waals surface area contributed by atoms with Crippen molar-refractivity contribution in [1.29, 1.82) is 0 Å². The molecule has 0 radical (unpaired) electrons. The van der Waals surface area contributed by atoms with E-state index in [9.17, 15) is 9.18 Å². The number of nitrogens with one attached hydrogen (secondary N) is 1. The SMILES string of the molecule is CN(CC(=O)NC1CCCCC1)Cc1cccc(F)c1. The predicted octanol–water partition coefficient (Wildman–Crippen LogP) is 2.71. The molecule has 0 spiro atoms. The molecule has 1 fully saturated rings. The summed E-state index contributed by atoms with van der Waals surface area (Å²) in [7, 11) is 1.88. The smallest absolute Gasteiger partial charge is 0.234 e. The van der Waals surface area contributed by atoms with Gasteiger partial charge in [0.15, 0.2) is 0 Å². The van der Waals surface area contributed by atoms with E-state index in [1.807, 2.05) is 18.0 Å². The molecule has 4 heteroatoms. The summed E-state index contributed by atoms with van der Waals surface area (Å²) >= 11 is 0. The van der Waals surface area contributed by atoms with Gasteiger partial charge >= 0.3 is 0 Å². The summed E-state index contributed by atoms with van der Waals surface area (Å²) < 4.78 is 13.1. The highest BCUT2D eigenvalue weighted by molar-refractivity contribution is 5.78. The molecule has 0 aliphatic heterocycles. The van der Waals surface area contributed by atoms with Crippen LogP contribution in [0, 0.1) is 5.82 Å². The largest absolute Gasteiger partial charge is 0.352 e. The van der Waals surface area contributed by atoms with E-state index < -0.39 is 0 Å². The lowest BCUT2D eigenvalue weighted by atomic mass is 9.95. The number of hydrogen-bond acceptors (Lipinski definition) is 2. The second kappa shape index (κ2) is 7.39. The summed E-state index contributed by atoms with van der Waals surface area (Å²) in [4.78, 5) is 13.9. The minimum atomic E-state index is -0.234. The molecule has 1 aliphatic carbocycles. The zero-order valence-corrected chi connectivity index (χ0v) is 12.1. The van der Waals surface area contributed by atoms with Crippen molar-refractivity contribution in [2.45, 2.75) is 44.7 Å². The average Bonchev–Trinajstić information content (AvgIpc) is 2.39. The van der Waals surface area contributed by atoms with Crippen molar-refractivity contribution < 1.29 is 9.18 Å². The standard InChI is InChI=1S/C16H23FN2O/c1-19(11-13-6-5-7-14(17)10-13)12-16(20)18-15-8-3-2-4-9-15/h5-7,10,15H,2-4,8-9,11-12H2,1H3,(H,18,20). The third-order valence-corrected chi connectivity index (χ3v) is 3.73. The van der Waals surface area contributed by atoms with Crippen LogP contribution in [0.5, 0.6) is 0 Å². The number of benzene rings is 1. The highest BCUT2D eigenvalue weighted by Crippen LogP contribution is 2.17. The molecule has 0 unspecified atom stereocenters. The number of nitrogens with zero attached hydrogens (tertiary/aromatic N) is 1. The summed E-state index contributed by atoms with van der Waals surface area (Å²) in [5.74, 6) is -0.168. The van der Waals surface area contributed by atoms with Crippen LogP contribution in [-0.4, -0.2) is 30.4 Å². The van der Waals surface area contributed by atoms with Crippen LogP contribution in [0.2, 0.25) is 0 Å². The Morgan fingerprint density at radius 1 is 1.35 bits per heavy atom. The number of carbonyl (C=O) groups excluding carboxylic acids is 1.